The molecule has 0 fully saturated rings. The van der Waals surface area contributed by atoms with E-state index in [0.29, 0.717) is 11.5 Å². The third-order valence-electron chi connectivity index (χ3n) is 2.66. The molecule has 1 aromatic carbocycles. The van der Waals surface area contributed by atoms with Crippen LogP contribution in [0.5, 0.6) is 5.75 Å². The average Bonchev–Trinajstić information content (AvgIpc) is 3.04. The number of hydrogen-bond acceptors (Lipinski definition) is 4. The van der Waals surface area contributed by atoms with Crippen molar-refractivity contribution < 1.29 is 18.7 Å². The first-order chi connectivity index (χ1) is 10.6. The summed E-state index contributed by atoms with van der Waals surface area (Å²) in [6.07, 6.45) is 4.24. The largest absolute Gasteiger partial charge is 0.484 e. The first-order valence-electron chi connectivity index (χ1n) is 6.63. The Morgan fingerprint density at radius 3 is 2.64 bits per heavy atom. The fraction of sp³-hybridized carbons (Fsp3) is 0.125. The van der Waals surface area contributed by atoms with Gasteiger partial charge < -0.3 is 9.15 Å². The average molecular weight is 300 g/mol. The van der Waals surface area contributed by atoms with Crippen LogP contribution in [0.3, 0.4) is 0 Å². The lowest BCUT2D eigenvalue weighted by Crippen LogP contribution is -2.43. The number of carbonyl (C=O) groups excluding carboxylic acids is 2. The van der Waals surface area contributed by atoms with Crippen molar-refractivity contribution in [2.24, 2.45) is 0 Å². The molecule has 0 aliphatic rings. The summed E-state index contributed by atoms with van der Waals surface area (Å²) in [4.78, 5) is 23.0. The van der Waals surface area contributed by atoms with Crippen LogP contribution in [0.25, 0.3) is 6.08 Å². The Balaban J connectivity index is 1.68. The minimum absolute atomic E-state index is 0.189. The van der Waals surface area contributed by atoms with E-state index in [9.17, 15) is 9.59 Å². The number of hydrazine groups is 1. The van der Waals surface area contributed by atoms with E-state index in [4.69, 9.17) is 9.15 Å². The van der Waals surface area contributed by atoms with E-state index in [1.54, 1.807) is 24.3 Å². The molecule has 2 amide bonds. The molecule has 0 atom stereocenters. The van der Waals surface area contributed by atoms with Crippen molar-refractivity contribution in [3.63, 3.8) is 0 Å². The lowest BCUT2D eigenvalue weighted by molar-refractivity contribution is -0.128. The highest BCUT2D eigenvalue weighted by molar-refractivity contribution is 5.92. The van der Waals surface area contributed by atoms with E-state index in [1.807, 2.05) is 19.1 Å². The van der Waals surface area contributed by atoms with Crippen molar-refractivity contribution in [1.82, 2.24) is 10.9 Å². The fourth-order valence-corrected chi connectivity index (χ4v) is 1.54. The molecule has 114 valence electrons. The van der Waals surface area contributed by atoms with Gasteiger partial charge in [0.25, 0.3) is 11.8 Å². The van der Waals surface area contributed by atoms with Crippen LogP contribution in [0.1, 0.15) is 11.3 Å². The topological polar surface area (TPSA) is 80.6 Å². The number of ether oxygens (including phenoxy) is 1. The normalized spacial score (nSPS) is 10.4. The van der Waals surface area contributed by atoms with Crippen LogP contribution in [0.2, 0.25) is 0 Å². The minimum Gasteiger partial charge on any atom is -0.484 e. The highest BCUT2D eigenvalue weighted by Gasteiger charge is 2.03. The first-order valence-corrected chi connectivity index (χ1v) is 6.63. The van der Waals surface area contributed by atoms with Gasteiger partial charge in [-0.25, -0.2) is 0 Å². The van der Waals surface area contributed by atoms with Gasteiger partial charge in [-0.3, -0.25) is 20.4 Å². The lowest BCUT2D eigenvalue weighted by Gasteiger charge is -2.07. The number of nitrogens with one attached hydrogen (secondary N) is 2. The molecule has 0 saturated heterocycles. The summed E-state index contributed by atoms with van der Waals surface area (Å²) in [5, 5.41) is 0. The molecule has 2 aromatic rings. The van der Waals surface area contributed by atoms with Gasteiger partial charge in [0.15, 0.2) is 6.61 Å². The molecule has 22 heavy (non-hydrogen) atoms. The summed E-state index contributed by atoms with van der Waals surface area (Å²) >= 11 is 0. The van der Waals surface area contributed by atoms with Gasteiger partial charge >= 0.3 is 0 Å². The van der Waals surface area contributed by atoms with E-state index in [2.05, 4.69) is 10.9 Å². The van der Waals surface area contributed by atoms with Crippen LogP contribution in [-0.2, 0) is 9.59 Å². The Bertz CT molecular complexity index is 645. The van der Waals surface area contributed by atoms with Crippen molar-refractivity contribution in [3.05, 3.63) is 60.1 Å². The number of carbonyl (C=O) groups is 2. The van der Waals surface area contributed by atoms with Gasteiger partial charge in [-0.2, -0.15) is 0 Å². The summed E-state index contributed by atoms with van der Waals surface area (Å²) in [6.45, 7) is 1.77. The maximum Gasteiger partial charge on any atom is 0.276 e. The van der Waals surface area contributed by atoms with Gasteiger partial charge in [-0.1, -0.05) is 17.7 Å². The molecule has 0 radical (unpaired) electrons. The van der Waals surface area contributed by atoms with Crippen LogP contribution in [0.15, 0.2) is 53.2 Å². The van der Waals surface area contributed by atoms with Crippen molar-refractivity contribution in [2.45, 2.75) is 6.92 Å². The zero-order chi connectivity index (χ0) is 15.8. The van der Waals surface area contributed by atoms with Crippen LogP contribution < -0.4 is 15.6 Å². The van der Waals surface area contributed by atoms with Crippen molar-refractivity contribution in [2.75, 3.05) is 6.61 Å². The second-order valence-electron chi connectivity index (χ2n) is 4.49. The van der Waals surface area contributed by atoms with Gasteiger partial charge in [0.2, 0.25) is 0 Å². The Kier molecular flexibility index (Phi) is 5.37. The van der Waals surface area contributed by atoms with Crippen LogP contribution in [0, 0.1) is 6.92 Å². The molecule has 0 unspecified atom stereocenters. The molecule has 0 bridgehead atoms. The molecular formula is C16H16N2O4. The Labute approximate surface area is 127 Å². The summed E-state index contributed by atoms with van der Waals surface area (Å²) < 4.78 is 10.3. The summed E-state index contributed by atoms with van der Waals surface area (Å²) in [7, 11) is 0. The molecule has 2 rings (SSSR count). The quantitative estimate of drug-likeness (QED) is 0.652. The number of aryl methyl sites for hydroxylation is 1. The Hall–Kier alpha value is -3.02. The standard InChI is InChI=1S/C16H16N2O4/c1-12-4-6-14(7-5-12)22-11-16(20)18-17-15(19)9-8-13-3-2-10-21-13/h2-10H,11H2,1H3,(H,17,19)(H,18,20)/b9-8+. The summed E-state index contributed by atoms with van der Waals surface area (Å²) in [5.74, 6) is 0.203. The summed E-state index contributed by atoms with van der Waals surface area (Å²) in [6, 6.07) is 10.7. The van der Waals surface area contributed by atoms with Crippen LogP contribution in [-0.4, -0.2) is 18.4 Å². The molecule has 6 heteroatoms. The van der Waals surface area contributed by atoms with Gasteiger partial charge in [-0.15, -0.1) is 0 Å². The number of benzene rings is 1. The van der Waals surface area contributed by atoms with Gasteiger partial charge in [0, 0.05) is 6.08 Å². The highest BCUT2D eigenvalue weighted by atomic mass is 16.5. The molecule has 0 saturated carbocycles. The third-order valence-corrected chi connectivity index (χ3v) is 2.66. The molecule has 0 aliphatic carbocycles. The second kappa shape index (κ2) is 7.68. The number of rotatable bonds is 5. The van der Waals surface area contributed by atoms with Crippen LogP contribution >= 0.6 is 0 Å². The Morgan fingerprint density at radius 1 is 1.18 bits per heavy atom. The molecule has 1 aromatic heterocycles. The molecule has 0 spiro atoms. The number of furan rings is 1. The SMILES string of the molecule is Cc1ccc(OCC(=O)NNC(=O)/C=C/c2ccco2)cc1. The number of hydrogen-bond donors (Lipinski definition) is 2. The molecular weight excluding hydrogens is 284 g/mol. The third kappa shape index (κ3) is 5.16. The summed E-state index contributed by atoms with van der Waals surface area (Å²) in [5.41, 5.74) is 5.60. The minimum atomic E-state index is -0.472. The molecule has 6 nitrogen and oxygen atoms in total. The first kappa shape index (κ1) is 15.4. The smallest absolute Gasteiger partial charge is 0.276 e. The monoisotopic (exact) mass is 300 g/mol. The maximum atomic E-state index is 11.5. The Morgan fingerprint density at radius 2 is 1.95 bits per heavy atom. The van der Waals surface area contributed by atoms with Gasteiger partial charge in [-0.05, 0) is 37.3 Å². The van der Waals surface area contributed by atoms with Crippen molar-refractivity contribution >= 4 is 17.9 Å². The van der Waals surface area contributed by atoms with Crippen molar-refractivity contribution in [3.8, 4) is 5.75 Å². The second-order valence-corrected chi connectivity index (χ2v) is 4.49. The van der Waals surface area contributed by atoms with E-state index >= 15 is 0 Å². The molecule has 1 heterocycles. The zero-order valence-electron chi connectivity index (χ0n) is 12.0. The van der Waals surface area contributed by atoms with E-state index in [1.165, 1.54) is 18.4 Å². The zero-order valence-corrected chi connectivity index (χ0v) is 12.0. The van der Waals surface area contributed by atoms with E-state index in [-0.39, 0.29) is 6.61 Å². The molecule has 0 aliphatic heterocycles. The number of amides is 2. The van der Waals surface area contributed by atoms with Crippen molar-refractivity contribution in [1.29, 1.82) is 0 Å². The maximum absolute atomic E-state index is 11.5. The predicted molar refractivity (Wildman–Crippen MR) is 80.7 cm³/mol. The predicted octanol–water partition coefficient (Wildman–Crippen LogP) is 1.83. The van der Waals surface area contributed by atoms with Crippen LogP contribution in [0.4, 0.5) is 0 Å². The van der Waals surface area contributed by atoms with Gasteiger partial charge in [0.05, 0.1) is 6.26 Å². The highest BCUT2D eigenvalue weighted by Crippen LogP contribution is 2.10. The van der Waals surface area contributed by atoms with E-state index in [0.717, 1.165) is 5.56 Å². The van der Waals surface area contributed by atoms with E-state index < -0.39 is 11.8 Å². The molecule has 2 N–H and O–H groups in total. The lowest BCUT2D eigenvalue weighted by atomic mass is 10.2. The fourth-order valence-electron chi connectivity index (χ4n) is 1.54. The van der Waals surface area contributed by atoms with Gasteiger partial charge in [0.1, 0.15) is 11.5 Å².